The van der Waals surface area contributed by atoms with E-state index in [1.165, 1.54) is 6.42 Å². The number of hydrogen-bond acceptors (Lipinski definition) is 3. The molecule has 1 saturated heterocycles. The van der Waals surface area contributed by atoms with E-state index < -0.39 is 0 Å². The van der Waals surface area contributed by atoms with Crippen LogP contribution in [0.3, 0.4) is 0 Å². The summed E-state index contributed by atoms with van der Waals surface area (Å²) < 4.78 is 0. The molecule has 4 heteroatoms. The number of carbonyl (C=O) groups is 1. The molecule has 3 atom stereocenters. The van der Waals surface area contributed by atoms with Gasteiger partial charge in [0, 0.05) is 32.7 Å². The molecule has 0 aromatic rings. The third kappa shape index (κ3) is 3.19. The van der Waals surface area contributed by atoms with Gasteiger partial charge in [-0.2, -0.15) is 0 Å². The smallest absolute Gasteiger partial charge is 0.239 e. The Bertz CT molecular complexity index is 276. The molecule has 2 fully saturated rings. The fourth-order valence-corrected chi connectivity index (χ4v) is 2.52. The maximum atomic E-state index is 12.3. The van der Waals surface area contributed by atoms with E-state index >= 15 is 0 Å². The molecule has 2 rings (SSSR count). The SMILES string of the molecule is CC1CC1CN(C)C(C)C(=O)N1CCNCC1. The van der Waals surface area contributed by atoms with Crippen LogP contribution in [0, 0.1) is 11.8 Å². The molecule has 0 radical (unpaired) electrons. The summed E-state index contributed by atoms with van der Waals surface area (Å²) in [5.74, 6) is 1.97. The van der Waals surface area contributed by atoms with Gasteiger partial charge in [-0.05, 0) is 32.2 Å². The first-order valence-corrected chi connectivity index (χ1v) is 6.79. The molecule has 98 valence electrons. The van der Waals surface area contributed by atoms with Gasteiger partial charge in [0.25, 0.3) is 0 Å². The second-order valence-corrected chi connectivity index (χ2v) is 5.66. The number of hydrogen-bond donors (Lipinski definition) is 1. The third-order valence-electron chi connectivity index (χ3n) is 4.25. The van der Waals surface area contributed by atoms with Crippen molar-refractivity contribution in [3.8, 4) is 0 Å². The second kappa shape index (κ2) is 5.36. The Labute approximate surface area is 104 Å². The van der Waals surface area contributed by atoms with Crippen molar-refractivity contribution in [1.29, 1.82) is 0 Å². The van der Waals surface area contributed by atoms with Crippen molar-refractivity contribution in [3.05, 3.63) is 0 Å². The number of nitrogens with one attached hydrogen (secondary N) is 1. The van der Waals surface area contributed by atoms with Crippen LogP contribution in [0.1, 0.15) is 20.3 Å². The summed E-state index contributed by atoms with van der Waals surface area (Å²) in [6.07, 6.45) is 1.33. The molecule has 1 aliphatic heterocycles. The fourth-order valence-electron chi connectivity index (χ4n) is 2.52. The zero-order chi connectivity index (χ0) is 12.4. The maximum Gasteiger partial charge on any atom is 0.239 e. The van der Waals surface area contributed by atoms with E-state index in [0.29, 0.717) is 5.91 Å². The van der Waals surface area contributed by atoms with E-state index in [2.05, 4.69) is 24.2 Å². The molecule has 1 aliphatic carbocycles. The first kappa shape index (κ1) is 12.8. The molecule has 1 N–H and O–H groups in total. The third-order valence-corrected chi connectivity index (χ3v) is 4.25. The van der Waals surface area contributed by atoms with E-state index in [4.69, 9.17) is 0 Å². The Balaban J connectivity index is 1.80. The number of carbonyl (C=O) groups excluding carboxylic acids is 1. The molecule has 1 saturated carbocycles. The minimum atomic E-state index is 0.0286. The molecule has 17 heavy (non-hydrogen) atoms. The minimum absolute atomic E-state index is 0.0286. The van der Waals surface area contributed by atoms with Gasteiger partial charge in [0.1, 0.15) is 0 Å². The number of amides is 1. The first-order chi connectivity index (χ1) is 8.09. The van der Waals surface area contributed by atoms with Crippen LogP contribution in [0.15, 0.2) is 0 Å². The maximum absolute atomic E-state index is 12.3. The average Bonchev–Trinajstić information content (AvgIpc) is 3.04. The van der Waals surface area contributed by atoms with Crippen LogP contribution >= 0.6 is 0 Å². The summed E-state index contributed by atoms with van der Waals surface area (Å²) in [6, 6.07) is 0.0286. The lowest BCUT2D eigenvalue weighted by Crippen LogP contribution is -2.52. The van der Waals surface area contributed by atoms with E-state index in [-0.39, 0.29) is 6.04 Å². The lowest BCUT2D eigenvalue weighted by atomic mass is 10.2. The second-order valence-electron chi connectivity index (χ2n) is 5.66. The lowest BCUT2D eigenvalue weighted by Gasteiger charge is -2.33. The molecule has 4 nitrogen and oxygen atoms in total. The van der Waals surface area contributed by atoms with E-state index in [9.17, 15) is 4.79 Å². The van der Waals surface area contributed by atoms with E-state index in [0.717, 1.165) is 44.6 Å². The Morgan fingerprint density at radius 1 is 1.47 bits per heavy atom. The molecule has 0 aromatic heterocycles. The van der Waals surface area contributed by atoms with Crippen LogP contribution in [0.25, 0.3) is 0 Å². The minimum Gasteiger partial charge on any atom is -0.339 e. The monoisotopic (exact) mass is 239 g/mol. The van der Waals surface area contributed by atoms with Crippen molar-refractivity contribution in [3.63, 3.8) is 0 Å². The van der Waals surface area contributed by atoms with Gasteiger partial charge in [-0.15, -0.1) is 0 Å². The van der Waals surface area contributed by atoms with Crippen LogP contribution in [0.5, 0.6) is 0 Å². The fraction of sp³-hybridized carbons (Fsp3) is 0.923. The summed E-state index contributed by atoms with van der Waals surface area (Å²) in [5, 5.41) is 3.28. The zero-order valence-electron chi connectivity index (χ0n) is 11.3. The van der Waals surface area contributed by atoms with Gasteiger partial charge < -0.3 is 10.2 Å². The van der Waals surface area contributed by atoms with Crippen LogP contribution in [0.4, 0.5) is 0 Å². The molecule has 0 bridgehead atoms. The largest absolute Gasteiger partial charge is 0.339 e. The van der Waals surface area contributed by atoms with Crippen molar-refractivity contribution in [1.82, 2.24) is 15.1 Å². The summed E-state index contributed by atoms with van der Waals surface area (Å²) >= 11 is 0. The summed E-state index contributed by atoms with van der Waals surface area (Å²) in [7, 11) is 2.08. The highest BCUT2D eigenvalue weighted by molar-refractivity contribution is 5.81. The Morgan fingerprint density at radius 2 is 2.06 bits per heavy atom. The van der Waals surface area contributed by atoms with Crippen molar-refractivity contribution in [2.75, 3.05) is 39.8 Å². The Morgan fingerprint density at radius 3 is 2.59 bits per heavy atom. The van der Waals surface area contributed by atoms with Gasteiger partial charge in [-0.3, -0.25) is 9.69 Å². The molecular formula is C13H25N3O. The highest BCUT2D eigenvalue weighted by Gasteiger charge is 2.35. The van der Waals surface area contributed by atoms with Crippen LogP contribution < -0.4 is 5.32 Å². The van der Waals surface area contributed by atoms with Gasteiger partial charge in [0.2, 0.25) is 5.91 Å². The summed E-state index contributed by atoms with van der Waals surface area (Å²) in [4.78, 5) is 16.5. The van der Waals surface area contributed by atoms with E-state index in [1.54, 1.807) is 0 Å². The van der Waals surface area contributed by atoms with Crippen LogP contribution in [-0.4, -0.2) is 61.5 Å². The Hall–Kier alpha value is -0.610. The standard InChI is InChI=1S/C13H25N3O/c1-10-8-12(10)9-15(3)11(2)13(17)16-6-4-14-5-7-16/h10-12,14H,4-9H2,1-3H3. The number of piperazine rings is 1. The van der Waals surface area contributed by atoms with Gasteiger partial charge in [-0.1, -0.05) is 6.92 Å². The van der Waals surface area contributed by atoms with Gasteiger partial charge in [-0.25, -0.2) is 0 Å². The van der Waals surface area contributed by atoms with Gasteiger partial charge in [0.15, 0.2) is 0 Å². The molecule has 1 amide bonds. The quantitative estimate of drug-likeness (QED) is 0.771. The van der Waals surface area contributed by atoms with Crippen molar-refractivity contribution < 1.29 is 4.79 Å². The number of rotatable bonds is 4. The average molecular weight is 239 g/mol. The van der Waals surface area contributed by atoms with Crippen molar-refractivity contribution >= 4 is 5.91 Å². The highest BCUT2D eigenvalue weighted by atomic mass is 16.2. The predicted molar refractivity (Wildman–Crippen MR) is 68.8 cm³/mol. The molecule has 3 unspecified atom stereocenters. The van der Waals surface area contributed by atoms with Gasteiger partial charge in [0.05, 0.1) is 6.04 Å². The molecule has 0 aromatic carbocycles. The van der Waals surface area contributed by atoms with Crippen LogP contribution in [0.2, 0.25) is 0 Å². The molecule has 0 spiro atoms. The van der Waals surface area contributed by atoms with Crippen molar-refractivity contribution in [2.45, 2.75) is 26.3 Å². The Kier molecular flexibility index (Phi) is 4.05. The molecule has 1 heterocycles. The topological polar surface area (TPSA) is 35.6 Å². The first-order valence-electron chi connectivity index (χ1n) is 6.79. The molecular weight excluding hydrogens is 214 g/mol. The van der Waals surface area contributed by atoms with Gasteiger partial charge >= 0.3 is 0 Å². The highest BCUT2D eigenvalue weighted by Crippen LogP contribution is 2.38. The lowest BCUT2D eigenvalue weighted by molar-refractivity contribution is -0.136. The normalized spacial score (nSPS) is 30.5. The number of nitrogens with zero attached hydrogens (tertiary/aromatic N) is 2. The summed E-state index contributed by atoms with van der Waals surface area (Å²) in [5.41, 5.74) is 0. The zero-order valence-corrected chi connectivity index (χ0v) is 11.3. The predicted octanol–water partition coefficient (Wildman–Crippen LogP) is 0.395. The van der Waals surface area contributed by atoms with Crippen LogP contribution in [-0.2, 0) is 4.79 Å². The van der Waals surface area contributed by atoms with E-state index in [1.807, 2.05) is 11.8 Å². The molecule has 2 aliphatic rings. The summed E-state index contributed by atoms with van der Waals surface area (Å²) in [6.45, 7) is 8.98. The van der Waals surface area contributed by atoms with Crippen molar-refractivity contribution in [2.24, 2.45) is 11.8 Å². The number of likely N-dealkylation sites (N-methyl/N-ethyl adjacent to an activating group) is 1.